The lowest BCUT2D eigenvalue weighted by molar-refractivity contribution is -0.144. The summed E-state index contributed by atoms with van der Waals surface area (Å²) in [4.78, 5) is 110. The predicted octanol–water partition coefficient (Wildman–Crippen LogP) is 4.06. The number of hydrogen-bond acceptors (Lipinski definition) is 16. The number of aliphatic hydroxyl groups is 1. The van der Waals surface area contributed by atoms with Gasteiger partial charge in [0.05, 0.1) is 52.7 Å². The second kappa shape index (κ2) is 22.7. The number of anilines is 3. The second-order valence-electron chi connectivity index (χ2n) is 21.5. The number of amides is 4. The number of carbonyl (C=O) groups is 5. The lowest BCUT2D eigenvalue weighted by Gasteiger charge is -2.39. The number of ketones is 1. The Kier molecular flexibility index (Phi) is 16.1. The van der Waals surface area contributed by atoms with E-state index in [0.29, 0.717) is 80.7 Å². The van der Waals surface area contributed by atoms with Crippen LogP contribution in [0.5, 0.6) is 0 Å². The number of aromatic nitrogens is 5. The average molecular weight is 1040 g/mol. The molecule has 0 bridgehead atoms. The molecule has 4 fully saturated rings. The summed E-state index contributed by atoms with van der Waals surface area (Å²) in [6, 6.07) is 9.88. The summed E-state index contributed by atoms with van der Waals surface area (Å²) >= 11 is 1.57. The van der Waals surface area contributed by atoms with Crippen LogP contribution in [-0.4, -0.2) is 169 Å². The Morgan fingerprint density at radius 3 is 2.17 bits per heavy atom. The Morgan fingerprint density at radius 1 is 0.853 bits per heavy atom. The summed E-state index contributed by atoms with van der Waals surface area (Å²) in [6.45, 7) is 16.2. The summed E-state index contributed by atoms with van der Waals surface area (Å²) in [5.74, 6) is -0.444. The topological polar surface area (TPSA) is 231 Å². The van der Waals surface area contributed by atoms with Crippen LogP contribution in [0.25, 0.3) is 21.5 Å². The number of likely N-dealkylation sites (tertiary alicyclic amines) is 1. The molecule has 4 aliphatic rings. The molecule has 398 valence electrons. The van der Waals surface area contributed by atoms with E-state index in [2.05, 4.69) is 40.7 Å². The highest BCUT2D eigenvalue weighted by Crippen LogP contribution is 2.33. The van der Waals surface area contributed by atoms with E-state index in [4.69, 9.17) is 4.98 Å². The SMILES string of the molecule is CC(=O)c1c(C)c2cnc(Nc3ccc(N4CCN(C(=O)CN5CCN(CC(=O)NC(C(=O)N6C[C@H](O)C[C@H]6C(=O)NCc6ccc(-c7scnc7C)cc6)C(C)(C)C)CC5)CC4)cn3)nc2n(C2CCCC2)c1=O. The van der Waals surface area contributed by atoms with Gasteiger partial charge in [0, 0.05) is 89.5 Å². The van der Waals surface area contributed by atoms with Crippen molar-refractivity contribution in [3.63, 3.8) is 0 Å². The van der Waals surface area contributed by atoms with Crippen LogP contribution in [0, 0.1) is 19.3 Å². The lowest BCUT2D eigenvalue weighted by Crippen LogP contribution is -2.59. The highest BCUT2D eigenvalue weighted by Gasteiger charge is 2.44. The Bertz CT molecular complexity index is 2970. The molecule has 3 saturated heterocycles. The molecule has 1 aliphatic carbocycles. The quantitative estimate of drug-likeness (QED) is 0.108. The fourth-order valence-electron chi connectivity index (χ4n) is 10.9. The number of hydrogen-bond donors (Lipinski definition) is 4. The summed E-state index contributed by atoms with van der Waals surface area (Å²) in [7, 11) is 0. The summed E-state index contributed by atoms with van der Waals surface area (Å²) in [5.41, 5.74) is 5.95. The second-order valence-corrected chi connectivity index (χ2v) is 22.3. The number of thiazole rings is 1. The molecular formula is C54H69N13O7S. The van der Waals surface area contributed by atoms with Crippen molar-refractivity contribution in [2.45, 2.75) is 104 Å². The molecule has 3 aliphatic heterocycles. The first-order chi connectivity index (χ1) is 35.9. The molecule has 5 aromatic rings. The number of β-amino-alcohol motifs (C(OH)–C–C–N with tert-alkyl or cyclic N) is 1. The third-order valence-electron chi connectivity index (χ3n) is 15.1. The summed E-state index contributed by atoms with van der Waals surface area (Å²) in [6.07, 6.45) is 6.43. The van der Waals surface area contributed by atoms with Crippen molar-refractivity contribution in [1.29, 1.82) is 0 Å². The number of carbonyl (C=O) groups excluding carboxylic acids is 5. The maximum absolute atomic E-state index is 14.2. The minimum absolute atomic E-state index is 0.00684. The van der Waals surface area contributed by atoms with Crippen molar-refractivity contribution in [3.05, 3.63) is 87.0 Å². The van der Waals surface area contributed by atoms with E-state index in [0.717, 1.165) is 53.1 Å². The smallest absolute Gasteiger partial charge is 0.263 e. The summed E-state index contributed by atoms with van der Waals surface area (Å²) in [5, 5.41) is 20.5. The van der Waals surface area contributed by atoms with E-state index >= 15 is 0 Å². The Morgan fingerprint density at radius 2 is 1.55 bits per heavy atom. The van der Waals surface area contributed by atoms with Crippen molar-refractivity contribution in [2.24, 2.45) is 5.41 Å². The van der Waals surface area contributed by atoms with E-state index in [1.54, 1.807) is 35.2 Å². The predicted molar refractivity (Wildman–Crippen MR) is 287 cm³/mol. The fraction of sp³-hybridized carbons (Fsp3) is 0.519. The van der Waals surface area contributed by atoms with E-state index in [-0.39, 0.29) is 73.3 Å². The number of benzene rings is 1. The zero-order valence-electron chi connectivity index (χ0n) is 43.8. The first-order valence-corrected chi connectivity index (χ1v) is 27.0. The first kappa shape index (κ1) is 53.2. The van der Waals surface area contributed by atoms with Gasteiger partial charge in [-0.15, -0.1) is 11.3 Å². The number of Topliss-reactive ketones (excluding diaryl/α,β-unsaturated/α-hetero) is 1. The van der Waals surface area contributed by atoms with Crippen molar-refractivity contribution >= 4 is 69.2 Å². The number of aliphatic hydroxyl groups excluding tert-OH is 1. The van der Waals surface area contributed by atoms with Crippen molar-refractivity contribution in [1.82, 2.24) is 54.7 Å². The van der Waals surface area contributed by atoms with Gasteiger partial charge in [-0.25, -0.2) is 15.0 Å². The van der Waals surface area contributed by atoms with Gasteiger partial charge in [0.1, 0.15) is 23.5 Å². The minimum Gasteiger partial charge on any atom is -0.391 e. The van der Waals surface area contributed by atoms with Gasteiger partial charge in [0.25, 0.3) is 5.56 Å². The first-order valence-electron chi connectivity index (χ1n) is 26.1. The number of piperazine rings is 2. The molecule has 0 spiro atoms. The fourth-order valence-corrected chi connectivity index (χ4v) is 11.7. The average Bonchev–Trinajstić information content (AvgIpc) is 4.18. The van der Waals surface area contributed by atoms with Crippen LogP contribution >= 0.6 is 11.3 Å². The van der Waals surface area contributed by atoms with Crippen LogP contribution in [0.3, 0.4) is 0 Å². The Labute approximate surface area is 440 Å². The van der Waals surface area contributed by atoms with Crippen LogP contribution in [0.4, 0.5) is 17.5 Å². The van der Waals surface area contributed by atoms with Crippen LogP contribution in [0.2, 0.25) is 0 Å². The van der Waals surface area contributed by atoms with Crippen molar-refractivity contribution in [2.75, 3.05) is 82.2 Å². The van der Waals surface area contributed by atoms with Gasteiger partial charge in [0.2, 0.25) is 29.6 Å². The molecule has 7 heterocycles. The van der Waals surface area contributed by atoms with Gasteiger partial charge in [-0.1, -0.05) is 57.9 Å². The monoisotopic (exact) mass is 1040 g/mol. The van der Waals surface area contributed by atoms with Crippen molar-refractivity contribution in [3.8, 4) is 10.4 Å². The molecule has 20 nitrogen and oxygen atoms in total. The Balaban J connectivity index is 0.715. The van der Waals surface area contributed by atoms with Gasteiger partial charge in [-0.3, -0.25) is 43.1 Å². The number of rotatable bonds is 15. The highest BCUT2D eigenvalue weighted by molar-refractivity contribution is 7.13. The maximum Gasteiger partial charge on any atom is 0.263 e. The third-order valence-corrected chi connectivity index (χ3v) is 16.1. The normalized spacial score (nSPS) is 19.4. The van der Waals surface area contributed by atoms with Crippen molar-refractivity contribution < 1.29 is 29.1 Å². The molecule has 9 rings (SSSR count). The number of aryl methyl sites for hydroxylation is 2. The molecule has 0 radical (unpaired) electrons. The van der Waals surface area contributed by atoms with Gasteiger partial charge in [-0.2, -0.15) is 4.98 Å². The molecule has 4 amide bonds. The van der Waals surface area contributed by atoms with Crippen LogP contribution in [0.15, 0.2) is 59.1 Å². The Hall–Kier alpha value is -6.68. The molecular weight excluding hydrogens is 975 g/mol. The van der Waals surface area contributed by atoms with E-state index in [1.807, 2.05) is 79.4 Å². The number of nitrogens with one attached hydrogen (secondary N) is 3. The largest absolute Gasteiger partial charge is 0.391 e. The van der Waals surface area contributed by atoms with E-state index < -0.39 is 29.5 Å². The van der Waals surface area contributed by atoms with E-state index in [1.165, 1.54) is 11.8 Å². The third kappa shape index (κ3) is 12.1. The molecule has 4 N–H and O–H groups in total. The molecule has 3 atom stereocenters. The molecule has 21 heteroatoms. The molecule has 1 saturated carbocycles. The van der Waals surface area contributed by atoms with Gasteiger partial charge in [-0.05, 0) is 67.9 Å². The standard InChI is InChI=1S/C54H69N13O7S/c1-33-41-28-57-53(61-49(41)67(38-9-7-8-10-38)51(73)46(33)35(3)68)59-43-16-15-39(27-55-43)64-21-23-65(24-22-64)45(71)31-63-19-17-62(18-20-63)30-44(70)60-48(54(4,5)6)52(74)66-29-40(69)25-42(66)50(72)56-26-36-11-13-37(14-12-36)47-34(2)58-32-75-47/h11-16,27-28,32,38,40,42,48,69H,7-10,17-26,29-31H2,1-6H3,(H,56,72)(H,60,70)(H,55,57,59,61)/t40-,42+,48?/m1/s1. The van der Waals surface area contributed by atoms with Crippen LogP contribution in [-0.2, 0) is 25.7 Å². The molecule has 1 aromatic carbocycles. The molecule has 75 heavy (non-hydrogen) atoms. The zero-order chi connectivity index (χ0) is 53.1. The van der Waals surface area contributed by atoms with Gasteiger partial charge in [0.15, 0.2) is 5.78 Å². The summed E-state index contributed by atoms with van der Waals surface area (Å²) < 4.78 is 1.69. The van der Waals surface area contributed by atoms with E-state index in [9.17, 15) is 33.9 Å². The number of pyridine rings is 2. The van der Waals surface area contributed by atoms with Gasteiger partial charge < -0.3 is 35.8 Å². The van der Waals surface area contributed by atoms with Crippen LogP contribution in [0.1, 0.15) is 93.0 Å². The lowest BCUT2D eigenvalue weighted by atomic mass is 9.85. The zero-order valence-corrected chi connectivity index (χ0v) is 44.6. The minimum atomic E-state index is -0.934. The van der Waals surface area contributed by atoms with Gasteiger partial charge >= 0.3 is 0 Å². The number of nitrogens with zero attached hydrogens (tertiary/aromatic N) is 10. The maximum atomic E-state index is 14.2. The molecule has 1 unspecified atom stereocenters. The highest BCUT2D eigenvalue weighted by atomic mass is 32.1. The number of fused-ring (bicyclic) bond motifs is 1. The molecule has 4 aromatic heterocycles. The van der Waals surface area contributed by atoms with Crippen LogP contribution < -0.4 is 26.4 Å².